The Hall–Kier alpha value is -1.69. The maximum Gasteiger partial charge on any atom is 0.254 e. The summed E-state index contributed by atoms with van der Waals surface area (Å²) >= 11 is 5.64. The highest BCUT2D eigenvalue weighted by Crippen LogP contribution is 2.13. The molecule has 1 rings (SSSR count). The van der Waals surface area contributed by atoms with Gasteiger partial charge in [0.1, 0.15) is 11.0 Å². The molecule has 7 heteroatoms. The molecule has 1 heterocycles. The van der Waals surface area contributed by atoms with Gasteiger partial charge in [-0.05, 0) is 12.5 Å². The van der Waals surface area contributed by atoms with Gasteiger partial charge in [0.2, 0.25) is 5.91 Å². The zero-order valence-electron chi connectivity index (χ0n) is 8.87. The number of nitrogens with two attached hydrogens (primary N) is 1. The van der Waals surface area contributed by atoms with E-state index in [1.807, 2.05) is 0 Å². The quantitative estimate of drug-likeness (QED) is 0.608. The number of rotatable bonds is 5. The van der Waals surface area contributed by atoms with Crippen LogP contribution in [0.3, 0.4) is 0 Å². The van der Waals surface area contributed by atoms with E-state index in [1.165, 1.54) is 0 Å². The number of amides is 2. The summed E-state index contributed by atoms with van der Waals surface area (Å²) < 4.78 is 12.8. The Morgan fingerprint density at radius 2 is 2.24 bits per heavy atom. The van der Waals surface area contributed by atoms with Crippen LogP contribution in [0.15, 0.2) is 12.3 Å². The van der Waals surface area contributed by atoms with Crippen LogP contribution in [0.5, 0.6) is 0 Å². The van der Waals surface area contributed by atoms with E-state index in [2.05, 4.69) is 10.3 Å². The zero-order valence-corrected chi connectivity index (χ0v) is 9.63. The maximum atomic E-state index is 12.8. The van der Waals surface area contributed by atoms with E-state index in [-0.39, 0.29) is 23.7 Å². The predicted octanol–water partition coefficient (Wildman–Crippen LogP) is 0.869. The van der Waals surface area contributed by atoms with Crippen molar-refractivity contribution < 1.29 is 14.0 Å². The zero-order chi connectivity index (χ0) is 12.8. The number of hydrogen-bond acceptors (Lipinski definition) is 3. The van der Waals surface area contributed by atoms with Gasteiger partial charge in [0.05, 0.1) is 11.8 Å². The third-order valence-electron chi connectivity index (χ3n) is 1.94. The van der Waals surface area contributed by atoms with Crippen LogP contribution >= 0.6 is 11.6 Å². The molecule has 5 nitrogen and oxygen atoms in total. The van der Waals surface area contributed by atoms with Gasteiger partial charge in [-0.3, -0.25) is 9.59 Å². The summed E-state index contributed by atoms with van der Waals surface area (Å²) in [7, 11) is 0. The van der Waals surface area contributed by atoms with Gasteiger partial charge in [-0.2, -0.15) is 0 Å². The first-order chi connectivity index (χ1) is 8.00. The fourth-order valence-corrected chi connectivity index (χ4v) is 1.33. The normalized spacial score (nSPS) is 10.0. The minimum Gasteiger partial charge on any atom is -0.370 e. The molecule has 1 aromatic rings. The molecule has 0 saturated heterocycles. The molecule has 0 aliphatic rings. The minimum absolute atomic E-state index is 0.0364. The van der Waals surface area contributed by atoms with Gasteiger partial charge in [0, 0.05) is 13.0 Å². The van der Waals surface area contributed by atoms with E-state index in [4.69, 9.17) is 17.3 Å². The average molecular weight is 260 g/mol. The van der Waals surface area contributed by atoms with E-state index in [1.54, 1.807) is 0 Å². The molecule has 17 heavy (non-hydrogen) atoms. The second-order valence-corrected chi connectivity index (χ2v) is 3.68. The van der Waals surface area contributed by atoms with Crippen molar-refractivity contribution in [2.45, 2.75) is 12.8 Å². The van der Waals surface area contributed by atoms with E-state index >= 15 is 0 Å². The van der Waals surface area contributed by atoms with Crippen molar-refractivity contribution in [3.05, 3.63) is 28.8 Å². The van der Waals surface area contributed by atoms with E-state index in [9.17, 15) is 14.0 Å². The van der Waals surface area contributed by atoms with Crippen LogP contribution in [-0.4, -0.2) is 23.3 Å². The lowest BCUT2D eigenvalue weighted by Crippen LogP contribution is -2.26. The van der Waals surface area contributed by atoms with E-state index < -0.39 is 17.6 Å². The van der Waals surface area contributed by atoms with Crippen LogP contribution < -0.4 is 11.1 Å². The first kappa shape index (κ1) is 13.4. The fraction of sp³-hybridized carbons (Fsp3) is 0.300. The molecular weight excluding hydrogens is 249 g/mol. The van der Waals surface area contributed by atoms with Crippen LogP contribution in [-0.2, 0) is 4.79 Å². The largest absolute Gasteiger partial charge is 0.370 e. The summed E-state index contributed by atoms with van der Waals surface area (Å²) in [5, 5.41) is 2.41. The van der Waals surface area contributed by atoms with Crippen molar-refractivity contribution in [2.24, 2.45) is 5.73 Å². The van der Waals surface area contributed by atoms with Crippen LogP contribution in [0.1, 0.15) is 23.2 Å². The number of halogens is 2. The number of carbonyl (C=O) groups excluding carboxylic acids is 2. The number of nitrogens with zero attached hydrogens (tertiary/aromatic N) is 1. The Labute approximate surface area is 102 Å². The molecular formula is C10H11ClFN3O2. The molecule has 0 spiro atoms. The Bertz CT molecular complexity index is 440. The smallest absolute Gasteiger partial charge is 0.254 e. The molecule has 0 radical (unpaired) electrons. The summed E-state index contributed by atoms with van der Waals surface area (Å²) in [5.41, 5.74) is 4.90. The number of carbonyl (C=O) groups is 2. The van der Waals surface area contributed by atoms with Crippen LogP contribution in [0.2, 0.25) is 5.15 Å². The summed E-state index contributed by atoms with van der Waals surface area (Å²) in [5.74, 6) is -1.62. The van der Waals surface area contributed by atoms with Crippen LogP contribution in [0.4, 0.5) is 4.39 Å². The van der Waals surface area contributed by atoms with Crippen molar-refractivity contribution in [3.8, 4) is 0 Å². The van der Waals surface area contributed by atoms with Gasteiger partial charge in [-0.15, -0.1) is 0 Å². The fourth-order valence-electron chi connectivity index (χ4n) is 1.14. The van der Waals surface area contributed by atoms with Crippen molar-refractivity contribution in [3.63, 3.8) is 0 Å². The molecule has 2 amide bonds. The summed E-state index contributed by atoms with van der Waals surface area (Å²) in [6.07, 6.45) is 1.52. The number of hydrogen-bond donors (Lipinski definition) is 2. The van der Waals surface area contributed by atoms with Gasteiger partial charge in [0.15, 0.2) is 0 Å². The molecule has 1 aromatic heterocycles. The second kappa shape index (κ2) is 6.15. The minimum atomic E-state index is -0.642. The highest BCUT2D eigenvalue weighted by atomic mass is 35.5. The van der Waals surface area contributed by atoms with Crippen molar-refractivity contribution in [1.29, 1.82) is 0 Å². The SMILES string of the molecule is NC(=O)CCCNC(=O)c1cc(F)cnc1Cl. The lowest BCUT2D eigenvalue weighted by atomic mass is 10.2. The topological polar surface area (TPSA) is 85.1 Å². The first-order valence-corrected chi connectivity index (χ1v) is 5.26. The number of pyridine rings is 1. The van der Waals surface area contributed by atoms with Crippen LogP contribution in [0, 0.1) is 5.82 Å². The molecule has 0 aliphatic heterocycles. The molecule has 0 aliphatic carbocycles. The number of nitrogens with one attached hydrogen (secondary N) is 1. The molecule has 3 N–H and O–H groups in total. The molecule has 92 valence electrons. The lowest BCUT2D eigenvalue weighted by Gasteiger charge is -2.05. The highest BCUT2D eigenvalue weighted by molar-refractivity contribution is 6.32. The van der Waals surface area contributed by atoms with Gasteiger partial charge < -0.3 is 11.1 Å². The average Bonchev–Trinajstić information content (AvgIpc) is 2.27. The predicted molar refractivity (Wildman–Crippen MR) is 60.0 cm³/mol. The van der Waals surface area contributed by atoms with Gasteiger partial charge in [-0.25, -0.2) is 9.37 Å². The summed E-state index contributed by atoms with van der Waals surface area (Å²) in [4.78, 5) is 25.5. The van der Waals surface area contributed by atoms with Crippen molar-refractivity contribution in [1.82, 2.24) is 10.3 Å². The van der Waals surface area contributed by atoms with E-state index in [0.717, 1.165) is 12.3 Å². The van der Waals surface area contributed by atoms with Gasteiger partial charge in [0.25, 0.3) is 5.91 Å². The lowest BCUT2D eigenvalue weighted by molar-refractivity contribution is -0.118. The number of aromatic nitrogens is 1. The Balaban J connectivity index is 2.52. The standard InChI is InChI=1S/C10H11ClFN3O2/c11-9-7(4-6(12)5-15-9)10(17)14-3-1-2-8(13)16/h4-5H,1-3H2,(H2,13,16)(H,14,17). The maximum absolute atomic E-state index is 12.8. The monoisotopic (exact) mass is 259 g/mol. The third kappa shape index (κ3) is 4.36. The van der Waals surface area contributed by atoms with Crippen molar-refractivity contribution >= 4 is 23.4 Å². The molecule has 0 bridgehead atoms. The van der Waals surface area contributed by atoms with E-state index in [0.29, 0.717) is 6.42 Å². The highest BCUT2D eigenvalue weighted by Gasteiger charge is 2.12. The number of primary amides is 1. The Morgan fingerprint density at radius 3 is 2.88 bits per heavy atom. The van der Waals surface area contributed by atoms with Gasteiger partial charge >= 0.3 is 0 Å². The van der Waals surface area contributed by atoms with Crippen molar-refractivity contribution in [2.75, 3.05) is 6.54 Å². The second-order valence-electron chi connectivity index (χ2n) is 3.32. The molecule has 0 aromatic carbocycles. The molecule has 0 atom stereocenters. The summed E-state index contributed by atoms with van der Waals surface area (Å²) in [6, 6.07) is 0.999. The third-order valence-corrected chi connectivity index (χ3v) is 2.24. The first-order valence-electron chi connectivity index (χ1n) is 4.88. The molecule has 0 fully saturated rings. The Morgan fingerprint density at radius 1 is 1.53 bits per heavy atom. The van der Waals surface area contributed by atoms with Crippen LogP contribution in [0.25, 0.3) is 0 Å². The molecule has 0 unspecified atom stereocenters. The molecule has 0 saturated carbocycles. The summed E-state index contributed by atoms with van der Waals surface area (Å²) in [6.45, 7) is 0.259. The van der Waals surface area contributed by atoms with Gasteiger partial charge in [-0.1, -0.05) is 11.6 Å². The Kier molecular flexibility index (Phi) is 4.84.